The van der Waals surface area contributed by atoms with Crippen molar-refractivity contribution >= 4 is 17.1 Å². The third kappa shape index (κ3) is 4.21. The van der Waals surface area contributed by atoms with E-state index in [1.54, 1.807) is 11.8 Å². The number of H-pyrrole nitrogens is 1. The van der Waals surface area contributed by atoms with Gasteiger partial charge in [0.2, 0.25) is 0 Å². The van der Waals surface area contributed by atoms with Crippen LogP contribution in [0.1, 0.15) is 40.5 Å². The molecule has 1 N–H and O–H groups in total. The van der Waals surface area contributed by atoms with Crippen LogP contribution in [0.3, 0.4) is 0 Å². The summed E-state index contributed by atoms with van der Waals surface area (Å²) in [6.45, 7) is 1.62. The van der Waals surface area contributed by atoms with E-state index < -0.39 is 0 Å². The maximum absolute atomic E-state index is 12.9. The molecule has 0 saturated carbocycles. The van der Waals surface area contributed by atoms with Gasteiger partial charge < -0.3 is 14.6 Å². The highest BCUT2D eigenvalue weighted by Crippen LogP contribution is 2.26. The van der Waals surface area contributed by atoms with Gasteiger partial charge in [0, 0.05) is 24.6 Å². The number of carbonyl (C=O) groups excluding carboxylic acids is 1. The Labute approximate surface area is 190 Å². The Morgan fingerprint density at radius 1 is 1.15 bits per heavy atom. The van der Waals surface area contributed by atoms with Crippen molar-refractivity contribution in [2.75, 3.05) is 20.2 Å². The molecular formula is C24H24N6O3. The average molecular weight is 444 g/mol. The number of methoxy groups -OCH3 is 1. The van der Waals surface area contributed by atoms with Crippen molar-refractivity contribution in [2.24, 2.45) is 0 Å². The predicted octanol–water partition coefficient (Wildman–Crippen LogP) is 2.59. The first-order chi connectivity index (χ1) is 16.1. The van der Waals surface area contributed by atoms with Gasteiger partial charge >= 0.3 is 0 Å². The number of likely N-dealkylation sites (tertiary alicyclic amines) is 1. The van der Waals surface area contributed by atoms with Crippen LogP contribution in [-0.2, 0) is 6.54 Å². The highest BCUT2D eigenvalue weighted by atomic mass is 16.5. The van der Waals surface area contributed by atoms with Gasteiger partial charge in [-0.25, -0.2) is 9.67 Å². The van der Waals surface area contributed by atoms with Crippen LogP contribution in [0.5, 0.6) is 5.75 Å². The van der Waals surface area contributed by atoms with Crippen LogP contribution >= 0.6 is 0 Å². The van der Waals surface area contributed by atoms with Gasteiger partial charge in [-0.1, -0.05) is 35.5 Å². The Kier molecular flexibility index (Phi) is 5.60. The molecule has 0 aliphatic carbocycles. The fraction of sp³-hybridized carbons (Fsp3) is 0.292. The SMILES string of the molecule is COc1ccc(Cn2nnc3c(=O)[nH]c(C4CCCN(C(=O)c5ccccc5)C4)nc32)cc1. The van der Waals surface area contributed by atoms with Crippen LogP contribution in [0.4, 0.5) is 0 Å². The summed E-state index contributed by atoms with van der Waals surface area (Å²) in [6, 6.07) is 16.9. The summed E-state index contributed by atoms with van der Waals surface area (Å²) in [5.74, 6) is 1.27. The van der Waals surface area contributed by atoms with E-state index >= 15 is 0 Å². The number of nitrogens with zero attached hydrogens (tertiary/aromatic N) is 5. The number of rotatable bonds is 5. The van der Waals surface area contributed by atoms with Crippen LogP contribution in [0.25, 0.3) is 11.2 Å². The summed E-state index contributed by atoms with van der Waals surface area (Å²) in [4.78, 5) is 35.1. The predicted molar refractivity (Wildman–Crippen MR) is 122 cm³/mol. The minimum atomic E-state index is -0.317. The second-order valence-electron chi connectivity index (χ2n) is 8.17. The molecular weight excluding hydrogens is 420 g/mol. The number of carbonyl (C=O) groups is 1. The molecule has 1 saturated heterocycles. The lowest BCUT2D eigenvalue weighted by molar-refractivity contribution is 0.0704. The molecule has 0 spiro atoms. The summed E-state index contributed by atoms with van der Waals surface area (Å²) < 4.78 is 6.84. The molecule has 4 aromatic rings. The van der Waals surface area contributed by atoms with Crippen molar-refractivity contribution in [3.8, 4) is 5.75 Å². The second-order valence-corrected chi connectivity index (χ2v) is 8.17. The van der Waals surface area contributed by atoms with E-state index in [-0.39, 0.29) is 22.9 Å². The molecule has 168 valence electrons. The third-order valence-corrected chi connectivity index (χ3v) is 6.00. The van der Waals surface area contributed by atoms with Crippen LogP contribution in [0, 0.1) is 0 Å². The molecule has 33 heavy (non-hydrogen) atoms. The standard InChI is InChI=1S/C24H24N6O3/c1-33-19-11-9-16(10-12-19)14-30-22-20(27-28-30)23(31)26-21(25-22)18-8-5-13-29(15-18)24(32)17-6-3-2-4-7-17/h2-4,6-7,9-12,18H,5,8,13-15H2,1H3,(H,25,26,31). The molecule has 2 aromatic heterocycles. The molecule has 1 aliphatic heterocycles. The number of benzene rings is 2. The van der Waals surface area contributed by atoms with E-state index in [1.165, 1.54) is 0 Å². The van der Waals surface area contributed by atoms with Gasteiger partial charge in [-0.05, 0) is 42.7 Å². The van der Waals surface area contributed by atoms with Crippen LogP contribution in [-0.4, -0.2) is 56.0 Å². The molecule has 1 aliphatic rings. The highest BCUT2D eigenvalue weighted by molar-refractivity contribution is 5.94. The quantitative estimate of drug-likeness (QED) is 0.507. The first kappa shape index (κ1) is 20.9. The number of fused-ring (bicyclic) bond motifs is 1. The fourth-order valence-electron chi connectivity index (χ4n) is 4.24. The largest absolute Gasteiger partial charge is 0.497 e. The third-order valence-electron chi connectivity index (χ3n) is 6.00. The molecule has 9 nitrogen and oxygen atoms in total. The normalized spacial score (nSPS) is 16.2. The number of aromatic amines is 1. The molecule has 5 rings (SSSR count). The molecule has 2 aromatic carbocycles. The molecule has 3 heterocycles. The van der Waals surface area contributed by atoms with Crippen molar-refractivity contribution in [3.05, 3.63) is 81.9 Å². The number of aromatic nitrogens is 5. The topological polar surface area (TPSA) is 106 Å². The molecule has 1 atom stereocenters. The summed E-state index contributed by atoms with van der Waals surface area (Å²) in [6.07, 6.45) is 1.68. The van der Waals surface area contributed by atoms with E-state index in [4.69, 9.17) is 9.72 Å². The zero-order valence-electron chi connectivity index (χ0n) is 18.3. The van der Waals surface area contributed by atoms with Gasteiger partial charge in [-0.15, -0.1) is 5.10 Å². The fourth-order valence-corrected chi connectivity index (χ4v) is 4.24. The van der Waals surface area contributed by atoms with Gasteiger partial charge in [-0.3, -0.25) is 9.59 Å². The maximum Gasteiger partial charge on any atom is 0.281 e. The number of hydrogen-bond donors (Lipinski definition) is 1. The van der Waals surface area contributed by atoms with Crippen molar-refractivity contribution in [2.45, 2.75) is 25.3 Å². The summed E-state index contributed by atoms with van der Waals surface area (Å²) in [7, 11) is 1.62. The van der Waals surface area contributed by atoms with Gasteiger partial charge in [0.1, 0.15) is 11.6 Å². The smallest absolute Gasteiger partial charge is 0.281 e. The number of ether oxygens (including phenoxy) is 1. The van der Waals surface area contributed by atoms with Gasteiger partial charge in [0.05, 0.1) is 13.7 Å². The average Bonchev–Trinajstić information content (AvgIpc) is 3.28. The second kappa shape index (κ2) is 8.85. The lowest BCUT2D eigenvalue weighted by Crippen LogP contribution is -2.39. The lowest BCUT2D eigenvalue weighted by Gasteiger charge is -2.32. The van der Waals surface area contributed by atoms with E-state index in [9.17, 15) is 9.59 Å². The Morgan fingerprint density at radius 3 is 2.70 bits per heavy atom. The Balaban J connectivity index is 1.41. The summed E-state index contributed by atoms with van der Waals surface area (Å²) >= 11 is 0. The zero-order valence-corrected chi connectivity index (χ0v) is 18.3. The molecule has 0 radical (unpaired) electrons. The van der Waals surface area contributed by atoms with E-state index in [0.717, 1.165) is 24.2 Å². The number of piperidine rings is 1. The Morgan fingerprint density at radius 2 is 1.94 bits per heavy atom. The molecule has 1 unspecified atom stereocenters. The van der Waals surface area contributed by atoms with Crippen molar-refractivity contribution in [3.63, 3.8) is 0 Å². The van der Waals surface area contributed by atoms with E-state index in [0.29, 0.717) is 36.7 Å². The Hall–Kier alpha value is -4.01. The van der Waals surface area contributed by atoms with Crippen LogP contribution in [0.15, 0.2) is 59.4 Å². The molecule has 0 bridgehead atoms. The van der Waals surface area contributed by atoms with Crippen molar-refractivity contribution < 1.29 is 9.53 Å². The number of nitrogens with one attached hydrogen (secondary N) is 1. The minimum Gasteiger partial charge on any atom is -0.497 e. The van der Waals surface area contributed by atoms with E-state index in [1.807, 2.05) is 59.5 Å². The Bertz CT molecular complexity index is 1330. The summed E-state index contributed by atoms with van der Waals surface area (Å²) in [5.41, 5.74) is 1.99. The molecule has 1 amide bonds. The molecule has 9 heteroatoms. The zero-order chi connectivity index (χ0) is 22.8. The first-order valence-electron chi connectivity index (χ1n) is 10.9. The molecule has 1 fully saturated rings. The number of hydrogen-bond acceptors (Lipinski definition) is 6. The summed E-state index contributed by atoms with van der Waals surface area (Å²) in [5, 5.41) is 8.19. The van der Waals surface area contributed by atoms with E-state index in [2.05, 4.69) is 15.3 Å². The highest BCUT2D eigenvalue weighted by Gasteiger charge is 2.28. The lowest BCUT2D eigenvalue weighted by atomic mass is 9.96. The number of amides is 1. The van der Waals surface area contributed by atoms with Gasteiger partial charge in [0.25, 0.3) is 11.5 Å². The van der Waals surface area contributed by atoms with Gasteiger partial charge in [-0.2, -0.15) is 0 Å². The van der Waals surface area contributed by atoms with Gasteiger partial charge in [0.15, 0.2) is 11.2 Å². The van der Waals surface area contributed by atoms with Crippen LogP contribution in [0.2, 0.25) is 0 Å². The first-order valence-corrected chi connectivity index (χ1v) is 10.9. The maximum atomic E-state index is 12.9. The minimum absolute atomic E-state index is 0.00469. The monoisotopic (exact) mass is 444 g/mol. The van der Waals surface area contributed by atoms with Crippen molar-refractivity contribution in [1.29, 1.82) is 0 Å². The van der Waals surface area contributed by atoms with Crippen LogP contribution < -0.4 is 10.3 Å². The van der Waals surface area contributed by atoms with Crippen molar-refractivity contribution in [1.82, 2.24) is 29.9 Å².